The van der Waals surface area contributed by atoms with Gasteiger partial charge in [-0.3, -0.25) is 10.1 Å². The second kappa shape index (κ2) is 4.81. The van der Waals surface area contributed by atoms with Crippen molar-refractivity contribution in [2.24, 2.45) is 0 Å². The molecule has 0 radical (unpaired) electrons. The Morgan fingerprint density at radius 3 is 2.44 bits per heavy atom. The Labute approximate surface area is 106 Å². The molecule has 1 aromatic carbocycles. The maximum absolute atomic E-state index is 11.1. The summed E-state index contributed by atoms with van der Waals surface area (Å²) in [6, 6.07) is 3.28. The Kier molecular flexibility index (Phi) is 3.38. The van der Waals surface area contributed by atoms with E-state index in [1.54, 1.807) is 19.1 Å². The number of aryl methyl sites for hydroxylation is 1. The minimum Gasteiger partial charge on any atom is -0.398 e. The highest BCUT2D eigenvalue weighted by Crippen LogP contribution is 2.33. The fraction of sp³-hybridized carbons (Fsp3) is 0.500. The molecule has 6 nitrogen and oxygen atoms in total. The molecule has 98 valence electrons. The number of nitrogens with zero attached hydrogens (tertiary/aromatic N) is 3. The van der Waals surface area contributed by atoms with Gasteiger partial charge in [0.05, 0.1) is 4.92 Å². The van der Waals surface area contributed by atoms with Crippen molar-refractivity contribution in [1.82, 2.24) is 4.90 Å². The van der Waals surface area contributed by atoms with Crippen molar-refractivity contribution in [3.63, 3.8) is 0 Å². The van der Waals surface area contributed by atoms with E-state index in [-0.39, 0.29) is 10.6 Å². The van der Waals surface area contributed by atoms with Crippen molar-refractivity contribution in [2.45, 2.75) is 6.92 Å². The second-order valence-electron chi connectivity index (χ2n) is 4.74. The summed E-state index contributed by atoms with van der Waals surface area (Å²) in [7, 11) is 2.05. The summed E-state index contributed by atoms with van der Waals surface area (Å²) in [5.74, 6) is 0. The smallest absolute Gasteiger partial charge is 0.292 e. The SMILES string of the molecule is Cc1cc([N+](=O)[O-])c(N2CCN(C)CC2)cc1N. The third kappa shape index (κ3) is 2.38. The first-order chi connectivity index (χ1) is 8.49. The van der Waals surface area contributed by atoms with E-state index in [2.05, 4.69) is 11.9 Å². The molecule has 2 N–H and O–H groups in total. The Morgan fingerprint density at radius 1 is 1.28 bits per heavy atom. The van der Waals surface area contributed by atoms with Crippen LogP contribution in [0.15, 0.2) is 12.1 Å². The van der Waals surface area contributed by atoms with Gasteiger partial charge >= 0.3 is 0 Å². The van der Waals surface area contributed by atoms with Crippen LogP contribution >= 0.6 is 0 Å². The minimum absolute atomic E-state index is 0.145. The first-order valence-corrected chi connectivity index (χ1v) is 5.97. The van der Waals surface area contributed by atoms with Crippen LogP contribution in [0.3, 0.4) is 0 Å². The second-order valence-corrected chi connectivity index (χ2v) is 4.74. The number of nitro groups is 1. The van der Waals surface area contributed by atoms with E-state index >= 15 is 0 Å². The molecular weight excluding hydrogens is 232 g/mol. The number of piperazine rings is 1. The summed E-state index contributed by atoms with van der Waals surface area (Å²) in [4.78, 5) is 15.0. The van der Waals surface area contributed by atoms with Gasteiger partial charge in [-0.05, 0) is 25.6 Å². The molecule has 0 aromatic heterocycles. The third-order valence-electron chi connectivity index (χ3n) is 3.40. The first-order valence-electron chi connectivity index (χ1n) is 5.97. The largest absolute Gasteiger partial charge is 0.398 e. The predicted octanol–water partition coefficient (Wildman–Crippen LogP) is 1.24. The molecule has 1 aromatic rings. The van der Waals surface area contributed by atoms with E-state index in [9.17, 15) is 10.1 Å². The van der Waals surface area contributed by atoms with Crippen molar-refractivity contribution in [3.8, 4) is 0 Å². The average Bonchev–Trinajstić information content (AvgIpc) is 2.33. The fourth-order valence-corrected chi connectivity index (χ4v) is 2.14. The number of nitro benzene ring substituents is 1. The van der Waals surface area contributed by atoms with Crippen LogP contribution in [-0.4, -0.2) is 43.0 Å². The summed E-state index contributed by atoms with van der Waals surface area (Å²) >= 11 is 0. The molecule has 0 unspecified atom stereocenters. The number of hydrogen-bond acceptors (Lipinski definition) is 5. The number of rotatable bonds is 2. The lowest BCUT2D eigenvalue weighted by Gasteiger charge is -2.33. The molecule has 1 heterocycles. The number of nitrogen functional groups attached to an aromatic ring is 1. The van der Waals surface area contributed by atoms with E-state index < -0.39 is 0 Å². The summed E-state index contributed by atoms with van der Waals surface area (Å²) in [6.45, 7) is 5.19. The lowest BCUT2D eigenvalue weighted by molar-refractivity contribution is -0.384. The zero-order valence-corrected chi connectivity index (χ0v) is 10.7. The number of nitrogens with two attached hydrogens (primary N) is 1. The van der Waals surface area contributed by atoms with Crippen LogP contribution in [0, 0.1) is 17.0 Å². The highest BCUT2D eigenvalue weighted by atomic mass is 16.6. The standard InChI is InChI=1S/C12H18N4O2/c1-9-7-12(16(17)18)11(8-10(9)13)15-5-3-14(2)4-6-15/h7-8H,3-6,13H2,1-2H3. The molecule has 6 heteroatoms. The zero-order chi connectivity index (χ0) is 13.3. The van der Waals surface area contributed by atoms with E-state index in [0.717, 1.165) is 31.7 Å². The molecular formula is C12H18N4O2. The third-order valence-corrected chi connectivity index (χ3v) is 3.40. The Bertz CT molecular complexity index is 467. The molecule has 18 heavy (non-hydrogen) atoms. The van der Waals surface area contributed by atoms with Gasteiger partial charge in [0.2, 0.25) is 0 Å². The summed E-state index contributed by atoms with van der Waals surface area (Å²) < 4.78 is 0. The quantitative estimate of drug-likeness (QED) is 0.485. The maximum Gasteiger partial charge on any atom is 0.292 e. The molecule has 1 fully saturated rings. The predicted molar refractivity (Wildman–Crippen MR) is 72.0 cm³/mol. The van der Waals surface area contributed by atoms with E-state index in [4.69, 9.17) is 5.73 Å². The molecule has 1 aliphatic heterocycles. The van der Waals surface area contributed by atoms with Gasteiger partial charge in [-0.15, -0.1) is 0 Å². The van der Waals surface area contributed by atoms with Gasteiger partial charge in [-0.1, -0.05) is 0 Å². The highest BCUT2D eigenvalue weighted by molar-refractivity contribution is 5.71. The van der Waals surface area contributed by atoms with Crippen LogP contribution < -0.4 is 10.6 Å². The van der Waals surface area contributed by atoms with Gasteiger partial charge < -0.3 is 15.5 Å². The van der Waals surface area contributed by atoms with Gasteiger partial charge in [0.15, 0.2) is 0 Å². The van der Waals surface area contributed by atoms with Gasteiger partial charge in [-0.25, -0.2) is 0 Å². The number of likely N-dealkylation sites (N-methyl/N-ethyl adjacent to an activating group) is 1. The number of benzene rings is 1. The van der Waals surface area contributed by atoms with E-state index in [1.807, 2.05) is 4.90 Å². The van der Waals surface area contributed by atoms with Crippen LogP contribution in [0.1, 0.15) is 5.56 Å². The highest BCUT2D eigenvalue weighted by Gasteiger charge is 2.23. The van der Waals surface area contributed by atoms with Gasteiger partial charge in [0.25, 0.3) is 5.69 Å². The topological polar surface area (TPSA) is 75.6 Å². The molecule has 0 atom stereocenters. The van der Waals surface area contributed by atoms with E-state index in [1.165, 1.54) is 0 Å². The Balaban J connectivity index is 2.36. The molecule has 2 rings (SSSR count). The van der Waals surface area contributed by atoms with Gasteiger partial charge in [0, 0.05) is 37.9 Å². The maximum atomic E-state index is 11.1. The lowest BCUT2D eigenvalue weighted by Crippen LogP contribution is -2.44. The minimum atomic E-state index is -0.333. The van der Waals surface area contributed by atoms with Crippen molar-refractivity contribution in [3.05, 3.63) is 27.8 Å². The fourth-order valence-electron chi connectivity index (χ4n) is 2.14. The van der Waals surface area contributed by atoms with Crippen molar-refractivity contribution < 1.29 is 4.92 Å². The average molecular weight is 250 g/mol. The molecule has 1 saturated heterocycles. The van der Waals surface area contributed by atoms with Crippen LogP contribution in [0.25, 0.3) is 0 Å². The van der Waals surface area contributed by atoms with Crippen molar-refractivity contribution in [1.29, 1.82) is 0 Å². The molecule has 0 bridgehead atoms. The van der Waals surface area contributed by atoms with Gasteiger partial charge in [0.1, 0.15) is 5.69 Å². The summed E-state index contributed by atoms with van der Waals surface area (Å²) in [6.07, 6.45) is 0. The summed E-state index contributed by atoms with van der Waals surface area (Å²) in [5, 5.41) is 11.1. The molecule has 1 aliphatic rings. The van der Waals surface area contributed by atoms with Crippen molar-refractivity contribution in [2.75, 3.05) is 43.9 Å². The van der Waals surface area contributed by atoms with Crippen LogP contribution in [0.4, 0.5) is 17.1 Å². The Hall–Kier alpha value is -1.82. The van der Waals surface area contributed by atoms with E-state index in [0.29, 0.717) is 11.4 Å². The van der Waals surface area contributed by atoms with Gasteiger partial charge in [-0.2, -0.15) is 0 Å². The molecule has 0 amide bonds. The lowest BCUT2D eigenvalue weighted by atomic mass is 10.1. The molecule has 0 saturated carbocycles. The first kappa shape index (κ1) is 12.6. The number of hydrogen-bond donors (Lipinski definition) is 1. The number of anilines is 2. The normalized spacial score (nSPS) is 16.9. The molecule has 0 aliphatic carbocycles. The Morgan fingerprint density at radius 2 is 1.89 bits per heavy atom. The van der Waals surface area contributed by atoms with Crippen LogP contribution in [0.2, 0.25) is 0 Å². The summed E-state index contributed by atoms with van der Waals surface area (Å²) in [5.41, 5.74) is 8.00. The zero-order valence-electron chi connectivity index (χ0n) is 10.7. The van der Waals surface area contributed by atoms with Crippen LogP contribution in [-0.2, 0) is 0 Å². The van der Waals surface area contributed by atoms with Crippen LogP contribution in [0.5, 0.6) is 0 Å². The van der Waals surface area contributed by atoms with Crippen molar-refractivity contribution >= 4 is 17.1 Å². The molecule has 0 spiro atoms. The monoisotopic (exact) mass is 250 g/mol.